The smallest absolute Gasteiger partial charge is 0.122 e. The highest BCUT2D eigenvalue weighted by atomic mass is 16.5. The van der Waals surface area contributed by atoms with Gasteiger partial charge in [-0.05, 0) is 68.0 Å². The molecule has 23 heavy (non-hydrogen) atoms. The standard InChI is InChI=1S/C20H27NO2/c1-16-8-3-4-12-20(16)23-13-6-5-9-18(15-21)17-10-7-11-19(14-17)22-2/h3-4,7-8,10-12,14,18H,5-6,9,13,15,21H2,1-2H3. The zero-order chi connectivity index (χ0) is 16.5. The normalized spacial score (nSPS) is 12.0. The van der Waals surface area contributed by atoms with E-state index in [1.165, 1.54) is 11.1 Å². The Kier molecular flexibility index (Phi) is 6.95. The van der Waals surface area contributed by atoms with E-state index in [-0.39, 0.29) is 0 Å². The van der Waals surface area contributed by atoms with Gasteiger partial charge in [0.25, 0.3) is 0 Å². The fourth-order valence-corrected chi connectivity index (χ4v) is 2.71. The highest BCUT2D eigenvalue weighted by Gasteiger charge is 2.10. The Morgan fingerprint density at radius 1 is 1.04 bits per heavy atom. The Balaban J connectivity index is 1.76. The minimum Gasteiger partial charge on any atom is -0.497 e. The number of rotatable bonds is 9. The quantitative estimate of drug-likeness (QED) is 0.702. The van der Waals surface area contributed by atoms with E-state index in [9.17, 15) is 0 Å². The second-order valence-corrected chi connectivity index (χ2v) is 5.82. The molecule has 1 unspecified atom stereocenters. The topological polar surface area (TPSA) is 44.5 Å². The molecule has 3 nitrogen and oxygen atoms in total. The molecule has 3 heteroatoms. The molecule has 1 atom stereocenters. The molecule has 0 aliphatic heterocycles. The molecule has 0 bridgehead atoms. The molecule has 0 fully saturated rings. The molecule has 2 rings (SSSR count). The van der Waals surface area contributed by atoms with Gasteiger partial charge in [0.2, 0.25) is 0 Å². The molecule has 2 N–H and O–H groups in total. The maximum Gasteiger partial charge on any atom is 0.122 e. The first kappa shape index (κ1) is 17.4. The number of ether oxygens (including phenoxy) is 2. The van der Waals surface area contributed by atoms with Gasteiger partial charge < -0.3 is 15.2 Å². The van der Waals surface area contributed by atoms with Gasteiger partial charge in [0, 0.05) is 0 Å². The lowest BCUT2D eigenvalue weighted by Crippen LogP contribution is -2.13. The van der Waals surface area contributed by atoms with Crippen LogP contribution >= 0.6 is 0 Å². The molecule has 124 valence electrons. The molecule has 0 radical (unpaired) electrons. The zero-order valence-electron chi connectivity index (χ0n) is 14.1. The van der Waals surface area contributed by atoms with Gasteiger partial charge in [0.15, 0.2) is 0 Å². The van der Waals surface area contributed by atoms with Gasteiger partial charge in [-0.2, -0.15) is 0 Å². The van der Waals surface area contributed by atoms with Gasteiger partial charge in [-0.15, -0.1) is 0 Å². The molecule has 0 saturated heterocycles. The van der Waals surface area contributed by atoms with Crippen molar-refractivity contribution in [1.82, 2.24) is 0 Å². The molecule has 0 aliphatic rings. The number of unbranched alkanes of at least 4 members (excludes halogenated alkanes) is 1. The van der Waals surface area contributed by atoms with Crippen molar-refractivity contribution >= 4 is 0 Å². The van der Waals surface area contributed by atoms with Crippen LogP contribution in [0.25, 0.3) is 0 Å². The van der Waals surface area contributed by atoms with Crippen LogP contribution in [0.4, 0.5) is 0 Å². The summed E-state index contributed by atoms with van der Waals surface area (Å²) in [5.74, 6) is 2.25. The van der Waals surface area contributed by atoms with Crippen molar-refractivity contribution in [1.29, 1.82) is 0 Å². The number of benzene rings is 2. The largest absolute Gasteiger partial charge is 0.497 e. The van der Waals surface area contributed by atoms with Crippen molar-refractivity contribution in [3.8, 4) is 11.5 Å². The fourth-order valence-electron chi connectivity index (χ4n) is 2.71. The van der Waals surface area contributed by atoms with Gasteiger partial charge in [-0.3, -0.25) is 0 Å². The van der Waals surface area contributed by atoms with Crippen molar-refractivity contribution in [3.63, 3.8) is 0 Å². The van der Waals surface area contributed by atoms with E-state index in [4.69, 9.17) is 15.2 Å². The summed E-state index contributed by atoms with van der Waals surface area (Å²) in [6, 6.07) is 16.3. The molecule has 0 heterocycles. The van der Waals surface area contributed by atoms with E-state index in [2.05, 4.69) is 25.1 Å². The fraction of sp³-hybridized carbons (Fsp3) is 0.400. The summed E-state index contributed by atoms with van der Waals surface area (Å²) in [7, 11) is 1.69. The molecule has 0 spiro atoms. The summed E-state index contributed by atoms with van der Waals surface area (Å²) in [6.45, 7) is 3.48. The van der Waals surface area contributed by atoms with E-state index >= 15 is 0 Å². The Morgan fingerprint density at radius 2 is 1.87 bits per heavy atom. The first-order valence-corrected chi connectivity index (χ1v) is 8.27. The van der Waals surface area contributed by atoms with Crippen molar-refractivity contribution in [3.05, 3.63) is 59.7 Å². The van der Waals surface area contributed by atoms with Gasteiger partial charge in [-0.25, -0.2) is 0 Å². The molecular weight excluding hydrogens is 286 g/mol. The lowest BCUT2D eigenvalue weighted by atomic mass is 9.93. The molecular formula is C20H27NO2. The second-order valence-electron chi connectivity index (χ2n) is 5.82. The number of para-hydroxylation sites is 1. The van der Waals surface area contributed by atoms with Crippen LogP contribution in [0, 0.1) is 6.92 Å². The van der Waals surface area contributed by atoms with Crippen LogP contribution in [0.1, 0.15) is 36.3 Å². The molecule has 0 saturated carbocycles. The minimum atomic E-state index is 0.378. The van der Waals surface area contributed by atoms with Crippen LogP contribution < -0.4 is 15.2 Å². The number of hydrogen-bond acceptors (Lipinski definition) is 3. The molecule has 0 aliphatic carbocycles. The highest BCUT2D eigenvalue weighted by molar-refractivity contribution is 5.32. The Morgan fingerprint density at radius 3 is 2.61 bits per heavy atom. The van der Waals surface area contributed by atoms with Crippen LogP contribution in [-0.4, -0.2) is 20.3 Å². The van der Waals surface area contributed by atoms with Crippen LogP contribution in [-0.2, 0) is 0 Å². The molecule has 2 aromatic rings. The van der Waals surface area contributed by atoms with Crippen molar-refractivity contribution in [2.24, 2.45) is 5.73 Å². The Hall–Kier alpha value is -2.00. The average Bonchev–Trinajstić information content (AvgIpc) is 2.59. The van der Waals surface area contributed by atoms with E-state index in [0.29, 0.717) is 12.5 Å². The van der Waals surface area contributed by atoms with Crippen LogP contribution in [0.5, 0.6) is 11.5 Å². The lowest BCUT2D eigenvalue weighted by molar-refractivity contribution is 0.301. The van der Waals surface area contributed by atoms with Crippen molar-refractivity contribution in [2.75, 3.05) is 20.3 Å². The Labute approximate surface area is 139 Å². The van der Waals surface area contributed by atoms with Gasteiger partial charge in [-0.1, -0.05) is 30.3 Å². The van der Waals surface area contributed by atoms with Gasteiger partial charge >= 0.3 is 0 Å². The van der Waals surface area contributed by atoms with Crippen molar-refractivity contribution < 1.29 is 9.47 Å². The first-order chi connectivity index (χ1) is 11.2. The summed E-state index contributed by atoms with van der Waals surface area (Å²) in [5.41, 5.74) is 8.39. The second kappa shape index (κ2) is 9.21. The van der Waals surface area contributed by atoms with E-state index in [1.54, 1.807) is 7.11 Å². The summed E-state index contributed by atoms with van der Waals surface area (Å²) >= 11 is 0. The highest BCUT2D eigenvalue weighted by Crippen LogP contribution is 2.24. The van der Waals surface area contributed by atoms with Gasteiger partial charge in [0.05, 0.1) is 13.7 Å². The maximum atomic E-state index is 5.95. The van der Waals surface area contributed by atoms with Crippen LogP contribution in [0.2, 0.25) is 0 Å². The van der Waals surface area contributed by atoms with Crippen molar-refractivity contribution in [2.45, 2.75) is 32.1 Å². The predicted molar refractivity (Wildman–Crippen MR) is 95.3 cm³/mol. The number of nitrogens with two attached hydrogens (primary N) is 1. The first-order valence-electron chi connectivity index (χ1n) is 8.27. The molecule has 0 aromatic heterocycles. The van der Waals surface area contributed by atoms with Crippen LogP contribution in [0.15, 0.2) is 48.5 Å². The zero-order valence-corrected chi connectivity index (χ0v) is 14.1. The maximum absolute atomic E-state index is 5.95. The summed E-state index contributed by atoms with van der Waals surface area (Å²) in [4.78, 5) is 0. The van der Waals surface area contributed by atoms with Crippen LogP contribution in [0.3, 0.4) is 0 Å². The van der Waals surface area contributed by atoms with E-state index < -0.39 is 0 Å². The van der Waals surface area contributed by atoms with E-state index in [1.807, 2.05) is 30.3 Å². The SMILES string of the molecule is COc1cccc(C(CN)CCCCOc2ccccc2C)c1. The molecule has 0 amide bonds. The number of aryl methyl sites for hydroxylation is 1. The summed E-state index contributed by atoms with van der Waals surface area (Å²) < 4.78 is 11.1. The molecule has 2 aromatic carbocycles. The average molecular weight is 313 g/mol. The summed E-state index contributed by atoms with van der Waals surface area (Å²) in [6.07, 6.45) is 3.21. The number of methoxy groups -OCH3 is 1. The van der Waals surface area contributed by atoms with Gasteiger partial charge in [0.1, 0.15) is 11.5 Å². The Bertz CT molecular complexity index is 598. The lowest BCUT2D eigenvalue weighted by Gasteiger charge is -2.16. The number of hydrogen-bond donors (Lipinski definition) is 1. The van der Waals surface area contributed by atoms with E-state index in [0.717, 1.165) is 37.4 Å². The monoisotopic (exact) mass is 313 g/mol. The predicted octanol–water partition coefficient (Wildman–Crippen LogP) is 4.30. The third-order valence-corrected chi connectivity index (χ3v) is 4.15. The third-order valence-electron chi connectivity index (χ3n) is 4.15. The third kappa shape index (κ3) is 5.29. The minimum absolute atomic E-state index is 0.378. The summed E-state index contributed by atoms with van der Waals surface area (Å²) in [5, 5.41) is 0.